The summed E-state index contributed by atoms with van der Waals surface area (Å²) in [6.07, 6.45) is 8.41. The van der Waals surface area contributed by atoms with Crippen LogP contribution in [0.2, 0.25) is 0 Å². The maximum Gasteiger partial charge on any atom is 0.135 e. The molecular formula is C37H37N2O+. The van der Waals surface area contributed by atoms with Gasteiger partial charge in [-0.05, 0) is 51.2 Å². The van der Waals surface area contributed by atoms with E-state index in [1.165, 1.54) is 44.5 Å². The second-order valence-corrected chi connectivity index (χ2v) is 11.8. The first-order chi connectivity index (χ1) is 19.7. The summed E-state index contributed by atoms with van der Waals surface area (Å²) in [7, 11) is 0. The quantitative estimate of drug-likeness (QED) is 0.115. The number of para-hydroxylation sites is 1. The standard InChI is InChI=1S/C37H37N2O/c1-3-21-40-37(33-17-19-38-35-16-10-9-15-32(33)35)36-23-27-18-20-39(36,24-26(27)4-2)25-34-30-13-7-5-11-28(30)22-29-12-6-8-14-31(29)34/h3-17,19,22,26-27,36-37H,1-2,18,20-21,23-25H2/q+1/t26-,27-,36+,37+,39-/m0/s1. The summed E-state index contributed by atoms with van der Waals surface area (Å²) in [6, 6.07) is 31.2. The van der Waals surface area contributed by atoms with E-state index in [-0.39, 0.29) is 6.10 Å². The Morgan fingerprint density at radius 3 is 2.33 bits per heavy atom. The van der Waals surface area contributed by atoms with Crippen molar-refractivity contribution in [2.75, 3.05) is 19.7 Å². The van der Waals surface area contributed by atoms with E-state index in [1.54, 1.807) is 0 Å². The average Bonchev–Trinajstić information content (AvgIpc) is 3.01. The number of hydrogen-bond donors (Lipinski definition) is 0. The van der Waals surface area contributed by atoms with Crippen LogP contribution in [0.4, 0.5) is 0 Å². The number of ether oxygens (including phenoxy) is 1. The van der Waals surface area contributed by atoms with Gasteiger partial charge in [0.05, 0.1) is 25.2 Å². The number of pyridine rings is 1. The molecule has 0 N–H and O–H groups in total. The van der Waals surface area contributed by atoms with Gasteiger partial charge in [0.15, 0.2) is 0 Å². The Balaban J connectivity index is 1.41. The maximum absolute atomic E-state index is 6.80. The topological polar surface area (TPSA) is 22.1 Å². The van der Waals surface area contributed by atoms with Crippen LogP contribution in [-0.2, 0) is 11.3 Å². The first-order valence-electron chi connectivity index (χ1n) is 14.6. The molecule has 3 aliphatic rings. The largest absolute Gasteiger partial charge is 0.363 e. The Morgan fingerprint density at radius 2 is 1.60 bits per heavy atom. The summed E-state index contributed by atoms with van der Waals surface area (Å²) in [6.45, 7) is 12.1. The molecule has 3 fully saturated rings. The van der Waals surface area contributed by atoms with Crippen molar-refractivity contribution in [1.82, 2.24) is 4.98 Å². The zero-order valence-corrected chi connectivity index (χ0v) is 23.1. The predicted molar refractivity (Wildman–Crippen MR) is 166 cm³/mol. The number of rotatable bonds is 8. The molecule has 3 saturated heterocycles. The summed E-state index contributed by atoms with van der Waals surface area (Å²) < 4.78 is 7.81. The second kappa shape index (κ2) is 10.3. The van der Waals surface area contributed by atoms with Gasteiger partial charge in [-0.2, -0.15) is 0 Å². The van der Waals surface area contributed by atoms with Crippen molar-refractivity contribution < 1.29 is 9.22 Å². The number of fused-ring (bicyclic) bond motifs is 6. The Bertz CT molecular complexity index is 1670. The van der Waals surface area contributed by atoms with E-state index in [1.807, 2.05) is 12.3 Å². The molecule has 5 aromatic rings. The number of aromatic nitrogens is 1. The van der Waals surface area contributed by atoms with E-state index in [9.17, 15) is 0 Å². The highest BCUT2D eigenvalue weighted by Crippen LogP contribution is 2.50. The highest BCUT2D eigenvalue weighted by atomic mass is 16.5. The number of nitrogens with zero attached hydrogens (tertiary/aromatic N) is 2. The van der Waals surface area contributed by atoms with Crippen LogP contribution in [0.15, 0.2) is 116 Å². The molecule has 0 amide bonds. The van der Waals surface area contributed by atoms with Crippen molar-refractivity contribution in [1.29, 1.82) is 0 Å². The van der Waals surface area contributed by atoms with Crippen molar-refractivity contribution in [3.63, 3.8) is 0 Å². The van der Waals surface area contributed by atoms with E-state index in [4.69, 9.17) is 4.74 Å². The van der Waals surface area contributed by atoms with Crippen molar-refractivity contribution in [2.45, 2.75) is 31.5 Å². The van der Waals surface area contributed by atoms with Crippen LogP contribution in [0.3, 0.4) is 0 Å². The van der Waals surface area contributed by atoms with Crippen LogP contribution < -0.4 is 0 Å². The molecule has 0 saturated carbocycles. The molecule has 5 atom stereocenters. The summed E-state index contributed by atoms with van der Waals surface area (Å²) in [5.74, 6) is 1.18. The number of benzene rings is 4. The maximum atomic E-state index is 6.80. The Morgan fingerprint density at radius 1 is 0.900 bits per heavy atom. The molecule has 4 heterocycles. The van der Waals surface area contributed by atoms with Crippen LogP contribution in [0, 0.1) is 11.8 Å². The molecule has 200 valence electrons. The van der Waals surface area contributed by atoms with Crippen molar-refractivity contribution in [3.05, 3.63) is 128 Å². The molecule has 1 aromatic heterocycles. The third-order valence-corrected chi connectivity index (χ3v) is 9.76. The van der Waals surface area contributed by atoms with Crippen LogP contribution >= 0.6 is 0 Å². The van der Waals surface area contributed by atoms with Gasteiger partial charge in [-0.15, -0.1) is 13.2 Å². The molecule has 0 spiro atoms. The third kappa shape index (κ3) is 4.16. The fourth-order valence-corrected chi connectivity index (χ4v) is 7.90. The Kier molecular flexibility index (Phi) is 6.50. The van der Waals surface area contributed by atoms with Crippen LogP contribution in [0.1, 0.15) is 30.1 Å². The lowest BCUT2D eigenvalue weighted by molar-refractivity contribution is -0.984. The minimum absolute atomic E-state index is 0.0410. The molecule has 8 rings (SSSR count). The van der Waals surface area contributed by atoms with E-state index >= 15 is 0 Å². The molecule has 4 aromatic carbocycles. The van der Waals surface area contributed by atoms with Crippen LogP contribution in [0.25, 0.3) is 32.4 Å². The van der Waals surface area contributed by atoms with Gasteiger partial charge in [0.1, 0.15) is 18.7 Å². The smallest absolute Gasteiger partial charge is 0.135 e. The van der Waals surface area contributed by atoms with E-state index in [0.717, 1.165) is 36.1 Å². The first-order valence-corrected chi connectivity index (χ1v) is 14.6. The molecule has 0 radical (unpaired) electrons. The number of hydrogen-bond acceptors (Lipinski definition) is 2. The van der Waals surface area contributed by atoms with E-state index < -0.39 is 0 Å². The van der Waals surface area contributed by atoms with Crippen molar-refractivity contribution in [2.24, 2.45) is 11.8 Å². The highest BCUT2D eigenvalue weighted by Gasteiger charge is 2.54. The van der Waals surface area contributed by atoms with Gasteiger partial charge in [0.25, 0.3) is 0 Å². The van der Waals surface area contributed by atoms with Gasteiger partial charge in [-0.1, -0.05) is 78.9 Å². The molecule has 0 unspecified atom stereocenters. The second-order valence-electron chi connectivity index (χ2n) is 11.8. The SMILES string of the molecule is C=CCO[C@H](c1ccnc2ccccc12)[C@H]1C[C@@H]2CC[N@@+]1(Cc1c3ccccc3cc3ccccc13)C[C@@H]2C=C. The number of quaternary nitrogens is 1. The molecular weight excluding hydrogens is 488 g/mol. The Hall–Kier alpha value is -3.79. The minimum atomic E-state index is -0.0410. The van der Waals surface area contributed by atoms with Gasteiger partial charge in [-0.3, -0.25) is 4.98 Å². The molecule has 3 nitrogen and oxygen atoms in total. The molecule has 2 bridgehead atoms. The monoisotopic (exact) mass is 525 g/mol. The molecule has 3 heteroatoms. The summed E-state index contributed by atoms with van der Waals surface area (Å²) in [5.41, 5.74) is 3.74. The van der Waals surface area contributed by atoms with Gasteiger partial charge in [-0.25, -0.2) is 0 Å². The zero-order valence-electron chi connectivity index (χ0n) is 23.1. The summed E-state index contributed by atoms with van der Waals surface area (Å²) in [4.78, 5) is 4.68. The molecule has 0 aliphatic carbocycles. The summed E-state index contributed by atoms with van der Waals surface area (Å²) >= 11 is 0. The normalized spacial score (nSPS) is 24.9. The highest BCUT2D eigenvalue weighted by molar-refractivity contribution is 6.02. The van der Waals surface area contributed by atoms with Gasteiger partial charge in [0.2, 0.25) is 0 Å². The van der Waals surface area contributed by atoms with Crippen molar-refractivity contribution >= 4 is 32.4 Å². The minimum Gasteiger partial charge on any atom is -0.363 e. The fraction of sp³-hybridized carbons (Fsp3) is 0.270. The van der Waals surface area contributed by atoms with E-state index in [0.29, 0.717) is 24.5 Å². The van der Waals surface area contributed by atoms with Crippen LogP contribution in [-0.4, -0.2) is 35.2 Å². The lowest BCUT2D eigenvalue weighted by Crippen LogP contribution is -2.67. The van der Waals surface area contributed by atoms with Gasteiger partial charge in [0, 0.05) is 35.9 Å². The van der Waals surface area contributed by atoms with Gasteiger partial charge >= 0.3 is 0 Å². The number of piperidine rings is 3. The van der Waals surface area contributed by atoms with Crippen LogP contribution in [0.5, 0.6) is 0 Å². The zero-order chi connectivity index (χ0) is 27.1. The summed E-state index contributed by atoms with van der Waals surface area (Å²) in [5, 5.41) is 6.56. The molecule has 3 aliphatic heterocycles. The average molecular weight is 526 g/mol. The fourth-order valence-electron chi connectivity index (χ4n) is 7.90. The van der Waals surface area contributed by atoms with Gasteiger partial charge < -0.3 is 9.22 Å². The molecule has 40 heavy (non-hydrogen) atoms. The van der Waals surface area contributed by atoms with E-state index in [2.05, 4.69) is 109 Å². The lowest BCUT2D eigenvalue weighted by Gasteiger charge is -2.58. The van der Waals surface area contributed by atoms with Crippen molar-refractivity contribution in [3.8, 4) is 0 Å². The first kappa shape index (κ1) is 25.2. The lowest BCUT2D eigenvalue weighted by atomic mass is 9.70. The third-order valence-electron chi connectivity index (χ3n) is 9.76. The predicted octanol–water partition coefficient (Wildman–Crippen LogP) is 8.40. The Labute approximate surface area is 237 Å².